The second-order valence-corrected chi connectivity index (χ2v) is 38.5. The Balaban J connectivity index is 1.04. The van der Waals surface area contributed by atoms with Gasteiger partial charge >= 0.3 is 12.4 Å². The summed E-state index contributed by atoms with van der Waals surface area (Å²) in [6, 6.07) is 129. The van der Waals surface area contributed by atoms with E-state index in [4.69, 9.17) is 16.3 Å². The zero-order chi connectivity index (χ0) is 104. The van der Waals surface area contributed by atoms with E-state index in [9.17, 15) is 0 Å². The van der Waals surface area contributed by atoms with E-state index in [0.717, 1.165) is 172 Å². The van der Waals surface area contributed by atoms with Gasteiger partial charge in [0.25, 0.3) is 0 Å². The molecule has 740 valence electrons. The van der Waals surface area contributed by atoms with Crippen molar-refractivity contribution < 1.29 is 48.6 Å². The van der Waals surface area contributed by atoms with Gasteiger partial charge in [-0.25, -0.2) is 17.6 Å². The Labute approximate surface area is 875 Å². The molecule has 0 aliphatic carbocycles. The third kappa shape index (κ3) is 23.4. The Hall–Kier alpha value is -16.6. The topological polar surface area (TPSA) is 9.23 Å². The molecule has 0 aromatic heterocycles. The fourth-order valence-corrected chi connectivity index (χ4v) is 20.3. The summed E-state index contributed by atoms with van der Waals surface area (Å²) >= 11 is 6.67. The van der Waals surface area contributed by atoms with Crippen LogP contribution in [-0.4, -0.2) is 7.11 Å². The summed E-state index contributed by atoms with van der Waals surface area (Å²) in [7, 11) is 1.69. The molecule has 0 aliphatic rings. The molecule has 0 bridgehead atoms. The minimum absolute atomic E-state index is 0.106. The predicted octanol–water partition coefficient (Wildman–Crippen LogP) is 41.2. The number of allylic oxidation sites excluding steroid dienone is 2. The van der Waals surface area contributed by atoms with Crippen LogP contribution >= 0.6 is 11.6 Å². The molecule has 0 radical (unpaired) electrons. The van der Waals surface area contributed by atoms with Crippen LogP contribution in [0.1, 0.15) is 131 Å². The molecule has 0 N–H and O–H groups in total. The lowest BCUT2D eigenvalue weighted by Crippen LogP contribution is -2.11. The van der Waals surface area contributed by atoms with Crippen molar-refractivity contribution in [2.75, 3.05) is 7.11 Å². The third-order valence-electron chi connectivity index (χ3n) is 27.6. The van der Waals surface area contributed by atoms with E-state index in [-0.39, 0.29) is 29.4 Å². The highest BCUT2D eigenvalue weighted by atomic mass is 35.5. The number of unbranched alkanes of at least 4 members (excludes halogenated alkanes) is 4. The molecule has 0 unspecified atom stereocenters. The maximum atomic E-state index is 16.8. The van der Waals surface area contributed by atoms with E-state index in [1.165, 1.54) is 30.3 Å². The smallest absolute Gasteiger partial charge is 0.380 e. The van der Waals surface area contributed by atoms with E-state index in [0.29, 0.717) is 90.3 Å². The lowest BCUT2D eigenvalue weighted by Gasteiger charge is -2.33. The van der Waals surface area contributed by atoms with Gasteiger partial charge in [0.15, 0.2) is 0 Å². The largest absolute Gasteiger partial charge is 0.416 e. The predicted molar refractivity (Wildman–Crippen MR) is 604 cm³/mol. The molecule has 0 atom stereocenters. The molecule has 0 amide bonds. The number of rotatable bonds is 32. The monoisotopic (exact) mass is 2000 g/mol. The Morgan fingerprint density at radius 3 is 1.26 bits per heavy atom. The first kappa shape index (κ1) is 102. The van der Waals surface area contributed by atoms with Crippen molar-refractivity contribution in [3.05, 3.63) is 532 Å². The average molecular weight is 2000 g/mol. The van der Waals surface area contributed by atoms with Crippen LogP contribution in [0.15, 0.2) is 431 Å². The summed E-state index contributed by atoms with van der Waals surface area (Å²) < 4.78 is 161. The summed E-state index contributed by atoms with van der Waals surface area (Å²) in [6.07, 6.45) is 12.3. The molecule has 0 fully saturated rings. The van der Waals surface area contributed by atoms with E-state index in [1.807, 2.05) is 158 Å². The van der Waals surface area contributed by atoms with Gasteiger partial charge in [-0.15, -0.1) is 0 Å². The number of hydrogen-bond donors (Lipinski definition) is 0. The first-order valence-corrected chi connectivity index (χ1v) is 50.7. The Morgan fingerprint density at radius 1 is 0.300 bits per heavy atom. The molecular formula is C138H105ClF10O. The zero-order valence-electron chi connectivity index (χ0n) is 83.2. The molecule has 0 aliphatic heterocycles. The maximum Gasteiger partial charge on any atom is 0.416 e. The Bertz CT molecular complexity index is 8150. The number of benzene rings is 19. The summed E-state index contributed by atoms with van der Waals surface area (Å²) in [4.78, 5) is 0. The van der Waals surface area contributed by atoms with Gasteiger partial charge in [0.1, 0.15) is 23.3 Å². The van der Waals surface area contributed by atoms with Gasteiger partial charge in [-0.2, -0.15) is 26.3 Å². The molecule has 0 heterocycles. The number of alkyl halides is 6. The van der Waals surface area contributed by atoms with Crippen LogP contribution in [0.2, 0.25) is 5.02 Å². The summed E-state index contributed by atoms with van der Waals surface area (Å²) in [5, 5.41) is 0.579. The number of hydrogen-bond acceptors (Lipinski definition) is 1. The second kappa shape index (κ2) is 45.8. The van der Waals surface area contributed by atoms with Gasteiger partial charge in [-0.05, 0) is 315 Å². The molecule has 0 spiro atoms. The molecule has 12 heteroatoms. The molecule has 150 heavy (non-hydrogen) atoms. The van der Waals surface area contributed by atoms with Gasteiger partial charge in [-0.3, -0.25) is 0 Å². The minimum Gasteiger partial charge on any atom is -0.380 e. The van der Waals surface area contributed by atoms with Gasteiger partial charge in [0.2, 0.25) is 0 Å². The van der Waals surface area contributed by atoms with Crippen LogP contribution < -0.4 is 0 Å². The van der Waals surface area contributed by atoms with E-state index >= 15 is 43.9 Å². The van der Waals surface area contributed by atoms with E-state index < -0.39 is 58.2 Å². The van der Waals surface area contributed by atoms with Crippen LogP contribution in [-0.2, 0) is 30.1 Å². The molecular weight excluding hydrogens is 1900 g/mol. The quantitative estimate of drug-likeness (QED) is 0.0232. The molecule has 1 nitrogen and oxygen atoms in total. The van der Waals surface area contributed by atoms with Crippen LogP contribution in [0.25, 0.3) is 198 Å². The SMILES string of the molecule is C=C(c1ccc(-c2c(-c3ccc(-c4cc(F)cc(F)c4)cc3)c(-c3ccc(/C=C/c4cccc(F)c4)cc3)c(-c3ccc(-c4ccccc4COC)c(-c4ccc(/C=C/CCCCCC)cc4)c3)c(-c3c(-c4ccc(/C=C/Cc5ccccc5)cc4)c(-c4ccc(-c5ccc(Cl)cc5)cc4)cc(-c4ccc(/C=C/c5ccccc5)cc4)c3-c3ccc(-c4ccccc4F)cc3)c2C(C)C)cc1)c1cc(C(F)(F)F)cc(C(F)(F)F)c1. The maximum absolute atomic E-state index is 16.8. The van der Waals surface area contributed by atoms with Gasteiger partial charge in [0.05, 0.1) is 17.7 Å². The fourth-order valence-electron chi connectivity index (χ4n) is 20.2. The number of ether oxygens (including phenoxy) is 1. The average Bonchev–Trinajstić information content (AvgIpc) is 0.696. The highest BCUT2D eigenvalue weighted by Crippen LogP contribution is 2.62. The summed E-state index contributed by atoms with van der Waals surface area (Å²) in [5.41, 5.74) is 24.6. The second-order valence-electron chi connectivity index (χ2n) is 38.1. The fraction of sp³-hybridized carbons (Fsp3) is 0.101. The van der Waals surface area contributed by atoms with Crippen LogP contribution in [0.5, 0.6) is 0 Å². The van der Waals surface area contributed by atoms with Crippen molar-refractivity contribution >= 4 is 53.6 Å². The summed E-state index contributed by atoms with van der Waals surface area (Å²) in [6.45, 7) is 11.1. The highest BCUT2D eigenvalue weighted by molar-refractivity contribution is 6.30. The lowest BCUT2D eigenvalue weighted by atomic mass is 9.69. The van der Waals surface area contributed by atoms with Crippen molar-refractivity contribution in [2.24, 2.45) is 0 Å². The van der Waals surface area contributed by atoms with Gasteiger partial charge in [-0.1, -0.05) is 440 Å². The van der Waals surface area contributed by atoms with Crippen LogP contribution in [0, 0.1) is 23.3 Å². The van der Waals surface area contributed by atoms with Crippen molar-refractivity contribution in [1.29, 1.82) is 0 Å². The molecule has 19 rings (SSSR count). The Kier molecular flexibility index (Phi) is 31.2. The van der Waals surface area contributed by atoms with Gasteiger partial charge in [0, 0.05) is 23.8 Å². The lowest BCUT2D eigenvalue weighted by molar-refractivity contribution is -0.143. The van der Waals surface area contributed by atoms with Crippen LogP contribution in [0.3, 0.4) is 0 Å². The van der Waals surface area contributed by atoms with Crippen molar-refractivity contribution in [1.82, 2.24) is 0 Å². The third-order valence-corrected chi connectivity index (χ3v) is 27.9. The standard InChI is InChI=1S/C138H105ClF10O/c1-6-7-8-9-10-13-28-93-41-49-103(50-42-93)124-84-111(75-78-123(124)121-34-19-18-32-112(121)88-150-5)134-133(108-55-47-96(48-56-108)39-40-97-31-23-33-118(140)79-97)132(110-69-61-101(62-70-110)114-82-119(141)86-120(142)83-114)131(109-67-57-98(58-68-109)90(4)113-80-115(137(144,145)146)85-116(81-113)138(147,148)149)128(89(2)3)135(134)136-129(106-53-45-94(46-54-106)30-22-29-91-24-14-11-15-25-91)126(105-63-59-99(60-64-105)100-73-76-117(139)77-74-100)87-125(104-51-43-95(44-52-104)38-37-92-26-16-12-17-27-92)130(136)107-71-65-102(66-72-107)122-35-20-21-36-127(122)143/h11-28,30-87,89H,4,6-10,29,88H2,1-3,5H3/b28-13+,30-22+,38-37+,40-39+. The Morgan fingerprint density at radius 2 is 0.720 bits per heavy atom. The minimum atomic E-state index is -5.19. The highest BCUT2D eigenvalue weighted by Gasteiger charge is 2.39. The van der Waals surface area contributed by atoms with Crippen molar-refractivity contribution in [3.8, 4) is 156 Å². The number of methoxy groups -OCH3 is 1. The van der Waals surface area contributed by atoms with E-state index in [1.54, 1.807) is 37.4 Å². The molecule has 0 saturated carbocycles. The zero-order valence-corrected chi connectivity index (χ0v) is 83.9. The number of halogens is 11. The van der Waals surface area contributed by atoms with E-state index in [2.05, 4.69) is 246 Å². The molecule has 19 aromatic carbocycles. The van der Waals surface area contributed by atoms with Crippen LogP contribution in [0.4, 0.5) is 43.9 Å². The van der Waals surface area contributed by atoms with Gasteiger partial charge < -0.3 is 4.74 Å². The molecule has 19 aromatic rings. The first-order valence-electron chi connectivity index (χ1n) is 50.3. The summed E-state index contributed by atoms with van der Waals surface area (Å²) in [5.74, 6) is -2.99. The first-order chi connectivity index (χ1) is 72.8. The van der Waals surface area contributed by atoms with Crippen molar-refractivity contribution in [3.63, 3.8) is 0 Å². The normalized spacial score (nSPS) is 11.9. The molecule has 0 saturated heterocycles. The van der Waals surface area contributed by atoms with Crippen molar-refractivity contribution in [2.45, 2.75) is 84.2 Å².